The van der Waals surface area contributed by atoms with Crippen LogP contribution in [0.5, 0.6) is 0 Å². The van der Waals surface area contributed by atoms with E-state index in [9.17, 15) is 23.2 Å². The van der Waals surface area contributed by atoms with Crippen LogP contribution in [0, 0.1) is 11.3 Å². The van der Waals surface area contributed by atoms with Gasteiger partial charge in [-0.05, 0) is 25.8 Å². The normalized spacial score (nSPS) is 19.2. The Morgan fingerprint density at radius 3 is 2.58 bits per heavy atom. The second-order valence-corrected chi connectivity index (χ2v) is 8.76. The first-order chi connectivity index (χ1) is 15.8. The molecule has 5 rings (SSSR count). The van der Waals surface area contributed by atoms with E-state index in [-0.39, 0.29) is 33.4 Å². The van der Waals surface area contributed by atoms with Gasteiger partial charge in [0.25, 0.3) is 5.56 Å². The summed E-state index contributed by atoms with van der Waals surface area (Å²) >= 11 is 0.486. The van der Waals surface area contributed by atoms with Crippen molar-refractivity contribution in [3.05, 3.63) is 62.2 Å². The molecule has 3 atom stereocenters. The first kappa shape index (κ1) is 21.2. The maximum Gasteiger partial charge on any atom is 0.443 e. The third-order valence-corrected chi connectivity index (χ3v) is 6.99. The van der Waals surface area contributed by atoms with E-state index in [4.69, 9.17) is 0 Å². The van der Waals surface area contributed by atoms with Crippen molar-refractivity contribution in [2.45, 2.75) is 43.8 Å². The van der Waals surface area contributed by atoms with Crippen molar-refractivity contribution in [1.82, 2.24) is 34.7 Å². The van der Waals surface area contributed by atoms with Crippen LogP contribution in [-0.4, -0.2) is 34.7 Å². The Hall–Kier alpha value is -3.66. The number of nitriles is 1. The summed E-state index contributed by atoms with van der Waals surface area (Å²) in [6, 6.07) is 2.87. The summed E-state index contributed by atoms with van der Waals surface area (Å²) in [4.78, 5) is 32.6. The minimum absolute atomic E-state index is 0.000458. The summed E-state index contributed by atoms with van der Waals surface area (Å²) in [6.07, 6.45) is 1.45. The SMILES string of the molecule is CC(c1cnc(C(F)(F)F)s1)n1nc(C#N)c2c(=O)[nH]c([C@@H]3CC[C@H]3c3ncccn3)nc21. The number of fused-ring (bicyclic) bond motifs is 1. The number of halogens is 3. The number of alkyl halides is 3. The zero-order valence-electron chi connectivity index (χ0n) is 17.0. The van der Waals surface area contributed by atoms with Crippen LogP contribution in [0.25, 0.3) is 11.0 Å². The second kappa shape index (κ2) is 7.73. The Kier molecular flexibility index (Phi) is 4.97. The zero-order chi connectivity index (χ0) is 23.3. The topological polar surface area (TPSA) is 126 Å². The molecule has 1 unspecified atom stereocenters. The molecule has 33 heavy (non-hydrogen) atoms. The van der Waals surface area contributed by atoms with Gasteiger partial charge in [0, 0.05) is 35.3 Å². The van der Waals surface area contributed by atoms with Crippen molar-refractivity contribution < 1.29 is 13.2 Å². The van der Waals surface area contributed by atoms with E-state index >= 15 is 0 Å². The predicted octanol–water partition coefficient (Wildman–Crippen LogP) is 3.53. The van der Waals surface area contributed by atoms with Crippen LogP contribution < -0.4 is 5.56 Å². The lowest BCUT2D eigenvalue weighted by molar-refractivity contribution is -0.137. The number of thiazole rings is 1. The highest BCUT2D eigenvalue weighted by molar-refractivity contribution is 7.11. The van der Waals surface area contributed by atoms with E-state index in [1.807, 2.05) is 6.07 Å². The van der Waals surface area contributed by atoms with Crippen molar-refractivity contribution in [1.29, 1.82) is 5.26 Å². The summed E-state index contributed by atoms with van der Waals surface area (Å²) < 4.78 is 40.3. The molecule has 4 aromatic rings. The molecular formula is C20H15F3N8OS. The molecule has 0 radical (unpaired) electrons. The van der Waals surface area contributed by atoms with Gasteiger partial charge < -0.3 is 4.98 Å². The minimum atomic E-state index is -4.56. The van der Waals surface area contributed by atoms with Gasteiger partial charge in [-0.15, -0.1) is 11.3 Å². The Balaban J connectivity index is 1.59. The fraction of sp³-hybridized carbons (Fsp3) is 0.350. The van der Waals surface area contributed by atoms with Crippen LogP contribution in [0.3, 0.4) is 0 Å². The number of aromatic nitrogens is 7. The van der Waals surface area contributed by atoms with Crippen LogP contribution in [0.15, 0.2) is 29.5 Å². The lowest BCUT2D eigenvalue weighted by Gasteiger charge is -2.34. The van der Waals surface area contributed by atoms with E-state index in [0.29, 0.717) is 23.0 Å². The zero-order valence-corrected chi connectivity index (χ0v) is 17.9. The van der Waals surface area contributed by atoms with Gasteiger partial charge in [-0.3, -0.25) is 4.79 Å². The maximum absolute atomic E-state index is 13.0. The minimum Gasteiger partial charge on any atom is -0.310 e. The lowest BCUT2D eigenvalue weighted by Crippen LogP contribution is -2.28. The summed E-state index contributed by atoms with van der Waals surface area (Å²) in [6.45, 7) is 1.62. The van der Waals surface area contributed by atoms with Gasteiger partial charge in [-0.2, -0.15) is 23.5 Å². The Morgan fingerprint density at radius 1 is 1.24 bits per heavy atom. The molecule has 0 aliphatic heterocycles. The van der Waals surface area contributed by atoms with Gasteiger partial charge in [0.2, 0.25) is 0 Å². The van der Waals surface area contributed by atoms with E-state index in [2.05, 4.69) is 30.0 Å². The summed E-state index contributed by atoms with van der Waals surface area (Å²) in [5.41, 5.74) is -0.529. The van der Waals surface area contributed by atoms with E-state index in [1.54, 1.807) is 25.4 Å². The van der Waals surface area contributed by atoms with E-state index < -0.39 is 22.8 Å². The van der Waals surface area contributed by atoms with Crippen LogP contribution in [0.2, 0.25) is 0 Å². The van der Waals surface area contributed by atoms with Gasteiger partial charge in [-0.1, -0.05) is 0 Å². The largest absolute Gasteiger partial charge is 0.443 e. The average Bonchev–Trinajstić information content (AvgIpc) is 3.39. The number of hydrogen-bond donors (Lipinski definition) is 1. The molecule has 4 aromatic heterocycles. The molecule has 0 bridgehead atoms. The number of nitrogens with one attached hydrogen (secondary N) is 1. The fourth-order valence-corrected chi connectivity index (χ4v) is 4.78. The van der Waals surface area contributed by atoms with Gasteiger partial charge >= 0.3 is 6.18 Å². The van der Waals surface area contributed by atoms with Gasteiger partial charge in [0.1, 0.15) is 23.1 Å². The molecule has 1 saturated carbocycles. The highest BCUT2D eigenvalue weighted by Gasteiger charge is 2.38. The third-order valence-electron chi connectivity index (χ3n) is 5.77. The molecule has 0 amide bonds. The van der Waals surface area contributed by atoms with Crippen LogP contribution in [0.1, 0.15) is 64.9 Å². The third kappa shape index (κ3) is 3.56. The van der Waals surface area contributed by atoms with Crippen LogP contribution in [0.4, 0.5) is 13.2 Å². The number of rotatable bonds is 4. The number of aromatic amines is 1. The fourth-order valence-electron chi connectivity index (χ4n) is 3.96. The van der Waals surface area contributed by atoms with Crippen molar-refractivity contribution in [2.24, 2.45) is 0 Å². The number of H-pyrrole nitrogens is 1. The van der Waals surface area contributed by atoms with Crippen molar-refractivity contribution in [3.8, 4) is 6.07 Å². The Morgan fingerprint density at radius 2 is 1.97 bits per heavy atom. The first-order valence-corrected chi connectivity index (χ1v) is 10.8. The number of nitrogens with zero attached hydrogens (tertiary/aromatic N) is 7. The smallest absolute Gasteiger partial charge is 0.310 e. The number of hydrogen-bond acceptors (Lipinski definition) is 8. The molecule has 1 aliphatic carbocycles. The van der Waals surface area contributed by atoms with Gasteiger partial charge in [0.15, 0.2) is 16.3 Å². The summed E-state index contributed by atoms with van der Waals surface area (Å²) in [5, 5.41) is 12.7. The Bertz CT molecular complexity index is 1440. The molecule has 0 saturated heterocycles. The van der Waals surface area contributed by atoms with E-state index in [0.717, 1.165) is 19.0 Å². The molecule has 1 fully saturated rings. The quantitative estimate of drug-likeness (QED) is 0.481. The molecule has 4 heterocycles. The predicted molar refractivity (Wildman–Crippen MR) is 111 cm³/mol. The van der Waals surface area contributed by atoms with E-state index in [1.165, 1.54) is 4.68 Å². The molecule has 0 spiro atoms. The van der Waals surface area contributed by atoms with Gasteiger partial charge in [-0.25, -0.2) is 24.6 Å². The average molecular weight is 472 g/mol. The maximum atomic E-state index is 13.0. The lowest BCUT2D eigenvalue weighted by atomic mass is 9.72. The van der Waals surface area contributed by atoms with Crippen LogP contribution >= 0.6 is 11.3 Å². The van der Waals surface area contributed by atoms with Gasteiger partial charge in [0.05, 0.1) is 6.04 Å². The molecule has 9 nitrogen and oxygen atoms in total. The van der Waals surface area contributed by atoms with Crippen molar-refractivity contribution in [2.75, 3.05) is 0 Å². The Labute approximate surface area is 188 Å². The molecule has 168 valence electrons. The highest BCUT2D eigenvalue weighted by atomic mass is 32.1. The summed E-state index contributed by atoms with van der Waals surface area (Å²) in [7, 11) is 0. The second-order valence-electron chi connectivity index (χ2n) is 7.69. The van der Waals surface area contributed by atoms with Crippen molar-refractivity contribution in [3.63, 3.8) is 0 Å². The molecule has 1 N–H and O–H groups in total. The molecular weight excluding hydrogens is 457 g/mol. The summed E-state index contributed by atoms with van der Waals surface area (Å²) in [5.74, 6) is 0.913. The molecule has 0 aromatic carbocycles. The molecule has 13 heteroatoms. The standard InChI is InChI=1S/C20H15F3N8OS/c1-9(13-8-27-19(33-13)20(21,22)23)31-17-14(12(7-24)30-31)18(32)29-16(28-17)11-4-3-10(11)15-25-5-2-6-26-15/h2,5-6,8-11H,3-4H2,1H3,(H,28,29,32)/t9?,10-,11-/m1/s1. The monoisotopic (exact) mass is 472 g/mol. The highest BCUT2D eigenvalue weighted by Crippen LogP contribution is 2.46. The first-order valence-electron chi connectivity index (χ1n) is 10.00. The van der Waals surface area contributed by atoms with Crippen LogP contribution in [-0.2, 0) is 6.18 Å². The van der Waals surface area contributed by atoms with Crippen molar-refractivity contribution >= 4 is 22.4 Å². The molecule has 1 aliphatic rings.